The van der Waals surface area contributed by atoms with Crippen LogP contribution in [-0.2, 0) is 6.54 Å². The van der Waals surface area contributed by atoms with Gasteiger partial charge >= 0.3 is 0 Å². The van der Waals surface area contributed by atoms with Gasteiger partial charge < -0.3 is 4.90 Å². The van der Waals surface area contributed by atoms with Crippen molar-refractivity contribution < 1.29 is 4.79 Å². The van der Waals surface area contributed by atoms with Crippen molar-refractivity contribution >= 4 is 40.1 Å². The van der Waals surface area contributed by atoms with Crippen LogP contribution in [0.4, 0.5) is 0 Å². The molecular weight excluding hydrogens is 380 g/mol. The molecule has 0 atom stereocenters. The summed E-state index contributed by atoms with van der Waals surface area (Å²) in [5, 5.41) is 2.29. The van der Waals surface area contributed by atoms with Gasteiger partial charge in [-0.1, -0.05) is 66.7 Å². The summed E-state index contributed by atoms with van der Waals surface area (Å²) < 4.78 is 1.90. The largest absolute Gasteiger partial charge is 0.302 e. The molecule has 4 heteroatoms. The van der Waals surface area contributed by atoms with Gasteiger partial charge in [0.2, 0.25) is 5.91 Å². The summed E-state index contributed by atoms with van der Waals surface area (Å²) >= 11 is 0. The van der Waals surface area contributed by atoms with Crippen molar-refractivity contribution in [1.29, 1.82) is 0 Å². The third kappa shape index (κ3) is 4.69. The first-order valence-electron chi connectivity index (χ1n) is 9.98. The number of hydrogen-bond donors (Lipinski definition) is 0. The van der Waals surface area contributed by atoms with Crippen LogP contribution in [0.15, 0.2) is 78.9 Å². The molecule has 1 heterocycles. The second-order valence-electron chi connectivity index (χ2n) is 7.44. The molecule has 0 amide bonds. The second-order valence-corrected chi connectivity index (χ2v) is 7.44. The molecular formula is C25H27ClN2O. The number of carbonyl (C=O) groups excluding carboxylic acids is 1. The lowest BCUT2D eigenvalue weighted by Crippen LogP contribution is -2.19. The fourth-order valence-electron chi connectivity index (χ4n) is 3.94. The SMILES string of the molecule is CN(CCCCC(=O)n1c2ccccc2c2ccccc21)Cc1ccccc1.Cl. The lowest BCUT2D eigenvalue weighted by atomic mass is 10.2. The van der Waals surface area contributed by atoms with Crippen LogP contribution in [-0.4, -0.2) is 29.0 Å². The van der Waals surface area contributed by atoms with Crippen LogP contribution in [0.5, 0.6) is 0 Å². The lowest BCUT2D eigenvalue weighted by Gasteiger charge is -2.16. The van der Waals surface area contributed by atoms with Gasteiger partial charge in [-0.2, -0.15) is 0 Å². The van der Waals surface area contributed by atoms with E-state index in [-0.39, 0.29) is 18.3 Å². The number of halogens is 1. The van der Waals surface area contributed by atoms with Gasteiger partial charge in [0, 0.05) is 23.7 Å². The van der Waals surface area contributed by atoms with Crippen LogP contribution >= 0.6 is 12.4 Å². The molecule has 0 fully saturated rings. The Kier molecular flexibility index (Phi) is 7.08. The maximum atomic E-state index is 13.0. The second kappa shape index (κ2) is 9.73. The number of rotatable bonds is 7. The summed E-state index contributed by atoms with van der Waals surface area (Å²) in [5.74, 6) is 0.183. The standard InChI is InChI=1S/C25H26N2O.ClH/c1-26(19-20-11-3-2-4-12-20)18-10-9-17-25(28)27-23-15-7-5-13-21(23)22-14-6-8-16-24(22)27;/h2-8,11-16H,9-10,17-19H2,1H3;1H. The van der Waals surface area contributed by atoms with E-state index in [1.165, 1.54) is 5.56 Å². The third-order valence-electron chi connectivity index (χ3n) is 5.31. The van der Waals surface area contributed by atoms with E-state index in [0.29, 0.717) is 6.42 Å². The number of benzene rings is 3. The molecule has 0 bridgehead atoms. The van der Waals surface area contributed by atoms with E-state index in [4.69, 9.17) is 0 Å². The molecule has 0 spiro atoms. The number of fused-ring (bicyclic) bond motifs is 3. The molecule has 0 aliphatic rings. The number of para-hydroxylation sites is 2. The van der Waals surface area contributed by atoms with E-state index in [0.717, 1.165) is 47.7 Å². The maximum Gasteiger partial charge on any atom is 0.231 e. The van der Waals surface area contributed by atoms with Crippen molar-refractivity contribution in [3.05, 3.63) is 84.4 Å². The van der Waals surface area contributed by atoms with Crippen molar-refractivity contribution in [2.75, 3.05) is 13.6 Å². The smallest absolute Gasteiger partial charge is 0.231 e. The molecule has 4 aromatic rings. The van der Waals surface area contributed by atoms with Gasteiger partial charge in [0.25, 0.3) is 0 Å². The highest BCUT2D eigenvalue weighted by Gasteiger charge is 2.15. The zero-order valence-corrected chi connectivity index (χ0v) is 17.6. The molecule has 4 rings (SSSR count). The summed E-state index contributed by atoms with van der Waals surface area (Å²) in [7, 11) is 2.14. The van der Waals surface area contributed by atoms with Crippen molar-refractivity contribution in [3.8, 4) is 0 Å². The van der Waals surface area contributed by atoms with Gasteiger partial charge in [0.15, 0.2) is 0 Å². The summed E-state index contributed by atoms with van der Waals surface area (Å²) in [4.78, 5) is 15.3. The fourth-order valence-corrected chi connectivity index (χ4v) is 3.94. The van der Waals surface area contributed by atoms with Crippen molar-refractivity contribution in [3.63, 3.8) is 0 Å². The van der Waals surface area contributed by atoms with Crippen molar-refractivity contribution in [2.24, 2.45) is 0 Å². The van der Waals surface area contributed by atoms with Gasteiger partial charge in [0.05, 0.1) is 11.0 Å². The fraction of sp³-hybridized carbons (Fsp3) is 0.240. The topological polar surface area (TPSA) is 25.2 Å². The van der Waals surface area contributed by atoms with Crippen LogP contribution in [0.1, 0.15) is 29.6 Å². The van der Waals surface area contributed by atoms with E-state index < -0.39 is 0 Å². The van der Waals surface area contributed by atoms with E-state index in [2.05, 4.69) is 48.3 Å². The highest BCUT2D eigenvalue weighted by Crippen LogP contribution is 2.29. The Morgan fingerprint density at radius 3 is 1.97 bits per heavy atom. The van der Waals surface area contributed by atoms with Crippen LogP contribution in [0.25, 0.3) is 21.8 Å². The van der Waals surface area contributed by atoms with Gasteiger partial charge in [-0.25, -0.2) is 0 Å². The first-order chi connectivity index (χ1) is 13.7. The highest BCUT2D eigenvalue weighted by molar-refractivity contribution is 6.13. The summed E-state index contributed by atoms with van der Waals surface area (Å²) in [5.41, 5.74) is 3.34. The van der Waals surface area contributed by atoms with Gasteiger partial charge in [-0.15, -0.1) is 12.4 Å². The summed E-state index contributed by atoms with van der Waals surface area (Å²) in [6.45, 7) is 1.94. The van der Waals surface area contributed by atoms with Crippen LogP contribution in [0.3, 0.4) is 0 Å². The quantitative estimate of drug-likeness (QED) is 0.343. The van der Waals surface area contributed by atoms with Crippen LogP contribution in [0.2, 0.25) is 0 Å². The van der Waals surface area contributed by atoms with E-state index >= 15 is 0 Å². The van der Waals surface area contributed by atoms with Crippen molar-refractivity contribution in [2.45, 2.75) is 25.8 Å². The molecule has 3 nitrogen and oxygen atoms in total. The van der Waals surface area contributed by atoms with Gasteiger partial charge in [0.1, 0.15) is 0 Å². The average molecular weight is 407 g/mol. The Labute approximate surface area is 178 Å². The minimum Gasteiger partial charge on any atom is -0.302 e. The first kappa shape index (κ1) is 21.1. The van der Waals surface area contributed by atoms with Crippen LogP contribution in [0, 0.1) is 0 Å². The van der Waals surface area contributed by atoms with Crippen molar-refractivity contribution in [1.82, 2.24) is 9.47 Å². The predicted octanol–water partition coefficient (Wildman–Crippen LogP) is 6.16. The molecule has 0 aliphatic carbocycles. The Hall–Kier alpha value is -2.62. The lowest BCUT2D eigenvalue weighted by molar-refractivity contribution is 0.0908. The molecule has 0 N–H and O–H groups in total. The summed E-state index contributed by atoms with van der Waals surface area (Å²) in [6.07, 6.45) is 2.49. The molecule has 0 saturated carbocycles. The highest BCUT2D eigenvalue weighted by atomic mass is 35.5. The Morgan fingerprint density at radius 1 is 0.793 bits per heavy atom. The number of aromatic nitrogens is 1. The molecule has 3 aromatic carbocycles. The number of carbonyl (C=O) groups is 1. The Balaban J connectivity index is 0.00000240. The van der Waals surface area contributed by atoms with Gasteiger partial charge in [-0.3, -0.25) is 9.36 Å². The Morgan fingerprint density at radius 2 is 1.34 bits per heavy atom. The molecule has 0 saturated heterocycles. The predicted molar refractivity (Wildman–Crippen MR) is 124 cm³/mol. The molecule has 29 heavy (non-hydrogen) atoms. The molecule has 0 unspecified atom stereocenters. The summed E-state index contributed by atoms with van der Waals surface area (Å²) in [6, 6.07) is 26.9. The van der Waals surface area contributed by atoms with E-state index in [9.17, 15) is 4.79 Å². The minimum atomic E-state index is 0. The average Bonchev–Trinajstić information content (AvgIpc) is 3.06. The Bertz CT molecular complexity index is 1030. The third-order valence-corrected chi connectivity index (χ3v) is 5.31. The zero-order chi connectivity index (χ0) is 19.3. The monoisotopic (exact) mass is 406 g/mol. The normalized spacial score (nSPS) is 11.1. The molecule has 150 valence electrons. The van der Waals surface area contributed by atoms with Crippen LogP contribution < -0.4 is 0 Å². The minimum absolute atomic E-state index is 0. The zero-order valence-electron chi connectivity index (χ0n) is 16.8. The molecule has 0 radical (unpaired) electrons. The van der Waals surface area contributed by atoms with E-state index in [1.54, 1.807) is 0 Å². The van der Waals surface area contributed by atoms with Gasteiger partial charge in [-0.05, 0) is 44.1 Å². The number of hydrogen-bond acceptors (Lipinski definition) is 2. The first-order valence-corrected chi connectivity index (χ1v) is 9.98. The van der Waals surface area contributed by atoms with E-state index in [1.807, 2.05) is 47.0 Å². The molecule has 1 aromatic heterocycles. The number of nitrogens with zero attached hydrogens (tertiary/aromatic N) is 2. The maximum absolute atomic E-state index is 13.0. The molecule has 0 aliphatic heterocycles. The number of unbranched alkanes of at least 4 members (excludes halogenated alkanes) is 1.